The zero-order valence-corrected chi connectivity index (χ0v) is 13.2. The van der Waals surface area contributed by atoms with E-state index in [-0.39, 0.29) is 28.9 Å². The number of hydrogen-bond acceptors (Lipinski definition) is 4. The van der Waals surface area contributed by atoms with Crippen LogP contribution in [-0.2, 0) is 14.8 Å². The molecule has 0 aromatic heterocycles. The maximum atomic E-state index is 12.5. The van der Waals surface area contributed by atoms with Crippen molar-refractivity contribution in [3.8, 4) is 0 Å². The predicted molar refractivity (Wildman–Crippen MR) is 79.1 cm³/mol. The number of amides is 1. The number of carbonyl (C=O) groups is 1. The van der Waals surface area contributed by atoms with Gasteiger partial charge in [0, 0.05) is 24.3 Å². The summed E-state index contributed by atoms with van der Waals surface area (Å²) in [6.45, 7) is 3.28. The summed E-state index contributed by atoms with van der Waals surface area (Å²) in [7, 11) is -2.36. The highest BCUT2D eigenvalue weighted by molar-refractivity contribution is 7.89. The fraction of sp³-hybridized carbons (Fsp3) is 0.417. The Labute approximate surface area is 123 Å². The normalized spacial score (nSPS) is 11.7. The fourth-order valence-electron chi connectivity index (χ4n) is 1.58. The molecule has 6 nitrogen and oxygen atoms in total. The number of rotatable bonds is 5. The van der Waals surface area contributed by atoms with Crippen molar-refractivity contribution >= 4 is 33.2 Å². The van der Waals surface area contributed by atoms with Crippen LogP contribution in [0.15, 0.2) is 17.0 Å². The van der Waals surface area contributed by atoms with Crippen LogP contribution in [0, 0.1) is 6.92 Å². The monoisotopic (exact) mass is 319 g/mol. The maximum absolute atomic E-state index is 12.5. The quantitative estimate of drug-likeness (QED) is 0.791. The van der Waals surface area contributed by atoms with Gasteiger partial charge in [-0.2, -0.15) is 4.31 Å². The van der Waals surface area contributed by atoms with Gasteiger partial charge in [0.15, 0.2) is 0 Å². The third-order valence-corrected chi connectivity index (χ3v) is 5.24. The van der Waals surface area contributed by atoms with Gasteiger partial charge in [0.05, 0.1) is 11.4 Å². The SMILES string of the molecule is CCN(CC(=O)NC)S(=O)(=O)c1cc(N)c(C)c(Cl)c1. The number of anilines is 1. The average molecular weight is 320 g/mol. The van der Waals surface area contributed by atoms with Crippen molar-refractivity contribution in [2.75, 3.05) is 25.9 Å². The molecule has 0 aliphatic heterocycles. The molecule has 0 spiro atoms. The Kier molecular flexibility index (Phi) is 5.38. The second-order valence-corrected chi connectivity index (χ2v) is 6.57. The smallest absolute Gasteiger partial charge is 0.243 e. The molecule has 0 aliphatic rings. The van der Waals surface area contributed by atoms with Crippen LogP contribution in [0.1, 0.15) is 12.5 Å². The van der Waals surface area contributed by atoms with Gasteiger partial charge >= 0.3 is 0 Å². The molecule has 0 fully saturated rings. The molecular weight excluding hydrogens is 302 g/mol. The van der Waals surface area contributed by atoms with E-state index in [0.717, 1.165) is 4.31 Å². The summed E-state index contributed by atoms with van der Waals surface area (Å²) in [6.07, 6.45) is 0. The molecule has 1 aromatic rings. The molecule has 1 aromatic carbocycles. The lowest BCUT2D eigenvalue weighted by atomic mass is 10.2. The lowest BCUT2D eigenvalue weighted by Crippen LogP contribution is -2.39. The number of hydrogen-bond donors (Lipinski definition) is 2. The van der Waals surface area contributed by atoms with Gasteiger partial charge in [-0.1, -0.05) is 18.5 Å². The Bertz CT molecular complexity index is 593. The van der Waals surface area contributed by atoms with Crippen molar-refractivity contribution in [1.29, 1.82) is 0 Å². The van der Waals surface area contributed by atoms with Crippen LogP contribution in [0.5, 0.6) is 0 Å². The summed E-state index contributed by atoms with van der Waals surface area (Å²) in [5.41, 5.74) is 6.66. The van der Waals surface area contributed by atoms with E-state index in [1.54, 1.807) is 13.8 Å². The first-order valence-electron chi connectivity index (χ1n) is 6.00. The van der Waals surface area contributed by atoms with Crippen LogP contribution in [0.4, 0.5) is 5.69 Å². The Balaban J connectivity index is 3.24. The molecule has 8 heteroatoms. The second kappa shape index (κ2) is 6.43. The maximum Gasteiger partial charge on any atom is 0.243 e. The first-order valence-corrected chi connectivity index (χ1v) is 7.82. The summed E-state index contributed by atoms with van der Waals surface area (Å²) in [6, 6.07) is 2.69. The molecule has 0 atom stereocenters. The lowest BCUT2D eigenvalue weighted by Gasteiger charge is -2.20. The number of likely N-dealkylation sites (N-methyl/N-ethyl adjacent to an activating group) is 2. The van der Waals surface area contributed by atoms with Gasteiger partial charge in [0.25, 0.3) is 0 Å². The summed E-state index contributed by atoms with van der Waals surface area (Å²) < 4.78 is 26.0. The second-order valence-electron chi connectivity index (χ2n) is 4.22. The number of nitrogen functional groups attached to an aromatic ring is 1. The third-order valence-electron chi connectivity index (χ3n) is 2.95. The van der Waals surface area contributed by atoms with Gasteiger partial charge in [-0.05, 0) is 24.6 Å². The minimum Gasteiger partial charge on any atom is -0.398 e. The van der Waals surface area contributed by atoms with Crippen molar-refractivity contribution in [2.45, 2.75) is 18.7 Å². The summed E-state index contributed by atoms with van der Waals surface area (Å²) >= 11 is 5.96. The number of halogens is 1. The van der Waals surface area contributed by atoms with Gasteiger partial charge in [-0.15, -0.1) is 0 Å². The van der Waals surface area contributed by atoms with E-state index in [1.165, 1.54) is 19.2 Å². The number of sulfonamides is 1. The van der Waals surface area contributed by atoms with E-state index >= 15 is 0 Å². The molecular formula is C12H18ClN3O3S. The van der Waals surface area contributed by atoms with Gasteiger partial charge in [0.2, 0.25) is 15.9 Å². The largest absolute Gasteiger partial charge is 0.398 e. The molecule has 112 valence electrons. The molecule has 1 rings (SSSR count). The molecule has 20 heavy (non-hydrogen) atoms. The Morgan fingerprint density at radius 3 is 2.50 bits per heavy atom. The summed E-state index contributed by atoms with van der Waals surface area (Å²) in [5.74, 6) is -0.387. The Morgan fingerprint density at radius 1 is 1.45 bits per heavy atom. The van der Waals surface area contributed by atoms with Gasteiger partial charge in [-0.3, -0.25) is 4.79 Å². The standard InChI is InChI=1S/C12H18ClN3O3S/c1-4-16(7-12(17)15-3)20(18,19)9-5-10(13)8(2)11(14)6-9/h5-6H,4,7,14H2,1-3H3,(H,15,17). The number of carbonyl (C=O) groups excluding carboxylic acids is 1. The Hall–Kier alpha value is -1.31. The van der Waals surface area contributed by atoms with E-state index < -0.39 is 10.0 Å². The first-order chi connectivity index (χ1) is 9.23. The molecule has 0 unspecified atom stereocenters. The van der Waals surface area contributed by atoms with Crippen molar-refractivity contribution in [3.05, 3.63) is 22.7 Å². The van der Waals surface area contributed by atoms with Crippen molar-refractivity contribution < 1.29 is 13.2 Å². The third kappa shape index (κ3) is 3.41. The van der Waals surface area contributed by atoms with Gasteiger partial charge in [0.1, 0.15) is 0 Å². The molecule has 0 saturated carbocycles. The van der Waals surface area contributed by atoms with Crippen LogP contribution >= 0.6 is 11.6 Å². The lowest BCUT2D eigenvalue weighted by molar-refractivity contribution is -0.120. The molecule has 1 amide bonds. The van der Waals surface area contributed by atoms with Crippen LogP contribution in [0.2, 0.25) is 5.02 Å². The fourth-order valence-corrected chi connectivity index (χ4v) is 3.34. The van der Waals surface area contributed by atoms with Gasteiger partial charge in [-0.25, -0.2) is 8.42 Å². The molecule has 0 radical (unpaired) electrons. The number of nitrogens with two attached hydrogens (primary N) is 1. The van der Waals surface area contributed by atoms with E-state index in [4.69, 9.17) is 17.3 Å². The minimum absolute atomic E-state index is 0.0173. The summed E-state index contributed by atoms with van der Waals surface area (Å²) in [5, 5.41) is 2.67. The zero-order valence-electron chi connectivity index (χ0n) is 11.6. The van der Waals surface area contributed by atoms with Crippen molar-refractivity contribution in [2.24, 2.45) is 0 Å². The van der Waals surface area contributed by atoms with Crippen LogP contribution in [-0.4, -0.2) is 38.8 Å². The minimum atomic E-state index is -3.81. The van der Waals surface area contributed by atoms with E-state index in [2.05, 4.69) is 5.32 Å². The highest BCUT2D eigenvalue weighted by Gasteiger charge is 2.26. The van der Waals surface area contributed by atoms with E-state index in [0.29, 0.717) is 11.3 Å². The van der Waals surface area contributed by atoms with Gasteiger partial charge < -0.3 is 11.1 Å². The first kappa shape index (κ1) is 16.7. The van der Waals surface area contributed by atoms with Crippen LogP contribution in [0.3, 0.4) is 0 Å². The molecule has 3 N–H and O–H groups in total. The highest BCUT2D eigenvalue weighted by atomic mass is 35.5. The predicted octanol–water partition coefficient (Wildman–Crippen LogP) is 0.987. The Morgan fingerprint density at radius 2 is 2.05 bits per heavy atom. The topological polar surface area (TPSA) is 92.5 Å². The molecule has 0 heterocycles. The van der Waals surface area contributed by atoms with Crippen LogP contribution in [0.25, 0.3) is 0 Å². The molecule has 0 saturated heterocycles. The van der Waals surface area contributed by atoms with Crippen molar-refractivity contribution in [3.63, 3.8) is 0 Å². The number of benzene rings is 1. The van der Waals surface area contributed by atoms with Crippen LogP contribution < -0.4 is 11.1 Å². The van der Waals surface area contributed by atoms with E-state index in [1.807, 2.05) is 0 Å². The molecule has 0 aliphatic carbocycles. The number of nitrogens with one attached hydrogen (secondary N) is 1. The van der Waals surface area contributed by atoms with E-state index in [9.17, 15) is 13.2 Å². The average Bonchev–Trinajstić information content (AvgIpc) is 2.40. The zero-order chi connectivity index (χ0) is 15.5. The number of nitrogens with zero attached hydrogens (tertiary/aromatic N) is 1. The summed E-state index contributed by atoms with van der Waals surface area (Å²) in [4.78, 5) is 11.4. The molecule has 0 bridgehead atoms. The van der Waals surface area contributed by atoms with Crippen molar-refractivity contribution in [1.82, 2.24) is 9.62 Å². The highest BCUT2D eigenvalue weighted by Crippen LogP contribution is 2.27.